The molecule has 1 rings (SSSR count). The van der Waals surface area contributed by atoms with Crippen LogP contribution in [0.2, 0.25) is 0 Å². The second-order valence-corrected chi connectivity index (χ2v) is 3.48. The van der Waals surface area contributed by atoms with Crippen molar-refractivity contribution in [3.8, 4) is 11.8 Å². The number of aliphatic hydroxyl groups is 1. The molecule has 90 valence electrons. The van der Waals surface area contributed by atoms with Gasteiger partial charge in [-0.1, -0.05) is 12.1 Å². The molecule has 0 aliphatic heterocycles. The van der Waals surface area contributed by atoms with E-state index in [-0.39, 0.29) is 5.56 Å². The van der Waals surface area contributed by atoms with Gasteiger partial charge in [-0.05, 0) is 18.1 Å². The Hall–Kier alpha value is -2.06. The molecule has 5 nitrogen and oxygen atoms in total. The van der Waals surface area contributed by atoms with Crippen LogP contribution in [0.25, 0.3) is 0 Å². The molecule has 0 bridgehead atoms. The zero-order valence-electron chi connectivity index (χ0n) is 9.38. The lowest BCUT2D eigenvalue weighted by atomic mass is 10.0. The number of carboxylic acid groups (broad SMARTS) is 1. The van der Waals surface area contributed by atoms with Crippen LogP contribution in [0.5, 0.6) is 5.75 Å². The maximum Gasteiger partial charge on any atom is 0.337 e. The predicted molar refractivity (Wildman–Crippen MR) is 59.5 cm³/mol. The summed E-state index contributed by atoms with van der Waals surface area (Å²) in [4.78, 5) is 10.7. The Kier molecular flexibility index (Phi) is 4.49. The van der Waals surface area contributed by atoms with Crippen molar-refractivity contribution in [3.05, 3.63) is 29.3 Å². The van der Waals surface area contributed by atoms with E-state index < -0.39 is 12.1 Å². The number of hydrogen-bond acceptors (Lipinski definition) is 4. The second kappa shape index (κ2) is 5.87. The van der Waals surface area contributed by atoms with Gasteiger partial charge in [0.1, 0.15) is 5.75 Å². The summed E-state index contributed by atoms with van der Waals surface area (Å²) in [6, 6.07) is 6.85. The molecular formula is C12H13NO4. The summed E-state index contributed by atoms with van der Waals surface area (Å²) in [5.74, 6) is -1.01. The van der Waals surface area contributed by atoms with E-state index in [1.54, 1.807) is 12.1 Å². The number of nitriles is 1. The average Bonchev–Trinajstić information content (AvgIpc) is 2.34. The van der Waals surface area contributed by atoms with E-state index in [4.69, 9.17) is 15.1 Å². The van der Waals surface area contributed by atoms with E-state index in [0.717, 1.165) is 5.56 Å². The molecule has 5 heteroatoms. The fourth-order valence-corrected chi connectivity index (χ4v) is 1.47. The fourth-order valence-electron chi connectivity index (χ4n) is 1.47. The normalized spacial score (nSPS) is 11.6. The standard InChI is InChI=1S/C12H13NO4/c1-17-10-7-8(3-2-6-13)4-5-9(10)11(14)12(15)16/h4-5,7,11,14H,2-3H2,1H3,(H,15,16). The summed E-state index contributed by atoms with van der Waals surface area (Å²) in [5.41, 5.74) is 1.07. The summed E-state index contributed by atoms with van der Waals surface area (Å²) in [6.45, 7) is 0. The second-order valence-electron chi connectivity index (χ2n) is 3.48. The van der Waals surface area contributed by atoms with Gasteiger partial charge in [0.2, 0.25) is 0 Å². The third-order valence-corrected chi connectivity index (χ3v) is 2.35. The SMILES string of the molecule is COc1cc(CCC#N)ccc1C(O)C(=O)O. The molecular weight excluding hydrogens is 222 g/mol. The van der Waals surface area contributed by atoms with Crippen molar-refractivity contribution in [2.24, 2.45) is 0 Å². The van der Waals surface area contributed by atoms with Gasteiger partial charge in [0.15, 0.2) is 6.10 Å². The molecule has 0 fully saturated rings. The summed E-state index contributed by atoms with van der Waals surface area (Å²) in [7, 11) is 1.40. The number of aliphatic hydroxyl groups excluding tert-OH is 1. The quantitative estimate of drug-likeness (QED) is 0.802. The molecule has 0 saturated heterocycles. The first kappa shape index (κ1) is 13.0. The van der Waals surface area contributed by atoms with Gasteiger partial charge >= 0.3 is 5.97 Å². The number of carbonyl (C=O) groups is 1. The van der Waals surface area contributed by atoms with Gasteiger partial charge in [0.05, 0.1) is 13.2 Å². The van der Waals surface area contributed by atoms with E-state index in [9.17, 15) is 9.90 Å². The van der Waals surface area contributed by atoms with Crippen molar-refractivity contribution in [1.82, 2.24) is 0 Å². The summed E-state index contributed by atoms with van der Waals surface area (Å²) < 4.78 is 5.03. The van der Waals surface area contributed by atoms with Crippen molar-refractivity contribution < 1.29 is 19.7 Å². The number of ether oxygens (including phenoxy) is 1. The Labute approximate surface area is 98.9 Å². The zero-order chi connectivity index (χ0) is 12.8. The summed E-state index contributed by atoms with van der Waals surface area (Å²) in [5, 5.41) is 26.6. The van der Waals surface area contributed by atoms with Crippen LogP contribution in [0, 0.1) is 11.3 Å². The highest BCUT2D eigenvalue weighted by molar-refractivity contribution is 5.75. The van der Waals surface area contributed by atoms with E-state index >= 15 is 0 Å². The van der Waals surface area contributed by atoms with Crippen molar-refractivity contribution in [3.63, 3.8) is 0 Å². The third kappa shape index (κ3) is 3.20. The number of methoxy groups -OCH3 is 1. The van der Waals surface area contributed by atoms with Crippen LogP contribution in [0.1, 0.15) is 23.7 Å². The van der Waals surface area contributed by atoms with Gasteiger partial charge in [0.25, 0.3) is 0 Å². The maximum atomic E-state index is 10.7. The number of benzene rings is 1. The van der Waals surface area contributed by atoms with Crippen molar-refractivity contribution >= 4 is 5.97 Å². The van der Waals surface area contributed by atoms with Crippen LogP contribution in [0.3, 0.4) is 0 Å². The van der Waals surface area contributed by atoms with Gasteiger partial charge in [-0.15, -0.1) is 0 Å². The van der Waals surface area contributed by atoms with Crippen LogP contribution in [0.15, 0.2) is 18.2 Å². The van der Waals surface area contributed by atoms with Crippen LogP contribution in [0.4, 0.5) is 0 Å². The van der Waals surface area contributed by atoms with Crippen LogP contribution in [-0.2, 0) is 11.2 Å². The van der Waals surface area contributed by atoms with Gasteiger partial charge in [-0.3, -0.25) is 0 Å². The lowest BCUT2D eigenvalue weighted by molar-refractivity contribution is -0.147. The molecule has 0 saturated carbocycles. The molecule has 0 heterocycles. The van der Waals surface area contributed by atoms with Crippen LogP contribution in [-0.4, -0.2) is 23.3 Å². The van der Waals surface area contributed by atoms with Gasteiger partial charge < -0.3 is 14.9 Å². The predicted octanol–water partition coefficient (Wildman–Crippen LogP) is 1.27. The Morgan fingerprint density at radius 1 is 1.59 bits per heavy atom. The number of rotatable bonds is 5. The highest BCUT2D eigenvalue weighted by Crippen LogP contribution is 2.27. The van der Waals surface area contributed by atoms with E-state index in [1.165, 1.54) is 13.2 Å². The first-order chi connectivity index (χ1) is 8.10. The first-order valence-corrected chi connectivity index (χ1v) is 5.04. The number of aliphatic carboxylic acids is 1. The molecule has 0 aliphatic rings. The maximum absolute atomic E-state index is 10.7. The summed E-state index contributed by atoms with van der Waals surface area (Å²) in [6.07, 6.45) is -0.657. The Bertz CT molecular complexity index is 450. The minimum absolute atomic E-state index is 0.209. The minimum atomic E-state index is -1.60. The Morgan fingerprint density at radius 3 is 2.82 bits per heavy atom. The van der Waals surface area contributed by atoms with Crippen molar-refractivity contribution in [1.29, 1.82) is 5.26 Å². The van der Waals surface area contributed by atoms with Crippen LogP contribution >= 0.6 is 0 Å². The monoisotopic (exact) mass is 235 g/mol. The summed E-state index contributed by atoms with van der Waals surface area (Å²) >= 11 is 0. The molecule has 0 radical (unpaired) electrons. The fraction of sp³-hybridized carbons (Fsp3) is 0.333. The molecule has 1 unspecified atom stereocenters. The molecule has 0 spiro atoms. The van der Waals surface area contributed by atoms with Gasteiger partial charge in [-0.25, -0.2) is 4.79 Å². The molecule has 1 aromatic carbocycles. The average molecular weight is 235 g/mol. The number of aryl methyl sites for hydroxylation is 1. The zero-order valence-corrected chi connectivity index (χ0v) is 9.38. The number of carboxylic acids is 1. The molecule has 17 heavy (non-hydrogen) atoms. The van der Waals surface area contributed by atoms with E-state index in [0.29, 0.717) is 18.6 Å². The van der Waals surface area contributed by atoms with Crippen LogP contribution < -0.4 is 4.74 Å². The number of hydrogen-bond donors (Lipinski definition) is 2. The highest BCUT2D eigenvalue weighted by Gasteiger charge is 2.20. The molecule has 0 aliphatic carbocycles. The molecule has 0 amide bonds. The largest absolute Gasteiger partial charge is 0.496 e. The highest BCUT2D eigenvalue weighted by atomic mass is 16.5. The van der Waals surface area contributed by atoms with Crippen molar-refractivity contribution in [2.75, 3.05) is 7.11 Å². The Balaban J connectivity index is 3.01. The van der Waals surface area contributed by atoms with Gasteiger partial charge in [0, 0.05) is 12.0 Å². The topological polar surface area (TPSA) is 90.5 Å². The lowest BCUT2D eigenvalue weighted by Gasteiger charge is -2.12. The van der Waals surface area contributed by atoms with Gasteiger partial charge in [-0.2, -0.15) is 5.26 Å². The number of nitrogens with zero attached hydrogens (tertiary/aromatic N) is 1. The van der Waals surface area contributed by atoms with Crippen molar-refractivity contribution in [2.45, 2.75) is 18.9 Å². The molecule has 0 aromatic heterocycles. The van der Waals surface area contributed by atoms with E-state index in [1.807, 2.05) is 6.07 Å². The van der Waals surface area contributed by atoms with E-state index in [2.05, 4.69) is 0 Å². The molecule has 2 N–H and O–H groups in total. The first-order valence-electron chi connectivity index (χ1n) is 5.04. The smallest absolute Gasteiger partial charge is 0.337 e. The molecule has 1 aromatic rings. The lowest BCUT2D eigenvalue weighted by Crippen LogP contribution is -2.11. The Morgan fingerprint density at radius 2 is 2.29 bits per heavy atom. The molecule has 1 atom stereocenters. The minimum Gasteiger partial charge on any atom is -0.496 e. The third-order valence-electron chi connectivity index (χ3n) is 2.35.